The van der Waals surface area contributed by atoms with Crippen molar-refractivity contribution in [1.82, 2.24) is 0 Å². The van der Waals surface area contributed by atoms with Crippen LogP contribution in [0.15, 0.2) is 102 Å². The van der Waals surface area contributed by atoms with Gasteiger partial charge in [0, 0.05) is 34.8 Å². The molecule has 4 aromatic carbocycles. The first kappa shape index (κ1) is 26.0. The van der Waals surface area contributed by atoms with E-state index in [9.17, 15) is 19.5 Å². The third-order valence-corrected chi connectivity index (χ3v) is 7.68. The summed E-state index contributed by atoms with van der Waals surface area (Å²) in [5.41, 5.74) is 2.45. The van der Waals surface area contributed by atoms with Gasteiger partial charge in [-0.15, -0.1) is 0 Å². The molecule has 0 aliphatic heterocycles. The molecule has 4 aromatic rings. The number of hydrogen-bond acceptors (Lipinski definition) is 6. The van der Waals surface area contributed by atoms with Crippen molar-refractivity contribution in [3.63, 3.8) is 0 Å². The van der Waals surface area contributed by atoms with Gasteiger partial charge in [-0.1, -0.05) is 78.6 Å². The van der Waals surface area contributed by atoms with Crippen LogP contribution in [0.25, 0.3) is 27.3 Å². The van der Waals surface area contributed by atoms with Crippen molar-refractivity contribution in [3.8, 4) is 11.5 Å². The largest absolute Gasteiger partial charge is 0.872 e. The zero-order valence-corrected chi connectivity index (χ0v) is 22.5. The van der Waals surface area contributed by atoms with Crippen molar-refractivity contribution in [2.24, 2.45) is 0 Å². The maximum atomic E-state index is 13.3. The number of allylic oxidation sites excluding steroid dienone is 7. The molecule has 0 spiro atoms. The summed E-state index contributed by atoms with van der Waals surface area (Å²) in [5.74, 6) is -0.109. The number of benzene rings is 4. The van der Waals surface area contributed by atoms with Crippen molar-refractivity contribution >= 4 is 44.7 Å². The van der Waals surface area contributed by atoms with Gasteiger partial charge in [0.15, 0.2) is 17.3 Å². The molecule has 6 rings (SSSR count). The van der Waals surface area contributed by atoms with E-state index in [-0.39, 0.29) is 47.1 Å². The Balaban J connectivity index is 1.29. The molecule has 0 unspecified atom stereocenters. The van der Waals surface area contributed by atoms with E-state index in [1.54, 1.807) is 44.6 Å². The average Bonchev–Trinajstić information content (AvgIpc) is 2.99. The van der Waals surface area contributed by atoms with Crippen LogP contribution in [-0.4, -0.2) is 31.6 Å². The molecule has 0 saturated carbocycles. The van der Waals surface area contributed by atoms with Crippen LogP contribution in [0, 0.1) is 0 Å². The normalized spacial score (nSPS) is 16.3. The molecule has 0 amide bonds. The molecule has 2 aliphatic rings. The molecular weight excluding hydrogens is 516 g/mol. The van der Waals surface area contributed by atoms with E-state index in [2.05, 4.69) is 0 Å². The average molecular weight is 542 g/mol. The minimum atomic E-state index is -0.362. The van der Waals surface area contributed by atoms with E-state index in [4.69, 9.17) is 9.47 Å². The first-order valence-corrected chi connectivity index (χ1v) is 13.2. The summed E-state index contributed by atoms with van der Waals surface area (Å²) >= 11 is 0. The predicted octanol–water partition coefficient (Wildman–Crippen LogP) is 5.25. The fourth-order valence-electron chi connectivity index (χ4n) is 5.69. The first-order chi connectivity index (χ1) is 19.9. The summed E-state index contributed by atoms with van der Waals surface area (Å²) in [7, 11) is 3.10. The number of hydrogen-bond donors (Lipinski definition) is 0. The summed E-state index contributed by atoms with van der Waals surface area (Å²) in [4.78, 5) is 39.2. The number of carbonyl (C=O) groups is 3. The number of ether oxygens (including phenoxy) is 2. The highest BCUT2D eigenvalue weighted by Crippen LogP contribution is 2.38. The molecule has 41 heavy (non-hydrogen) atoms. The van der Waals surface area contributed by atoms with Crippen molar-refractivity contribution in [3.05, 3.63) is 124 Å². The molecule has 0 saturated heterocycles. The van der Waals surface area contributed by atoms with Crippen molar-refractivity contribution < 1.29 is 29.0 Å². The van der Waals surface area contributed by atoms with Gasteiger partial charge in [-0.3, -0.25) is 14.4 Å². The third-order valence-electron chi connectivity index (χ3n) is 7.68. The molecular formula is C35H25O6-. The predicted molar refractivity (Wildman–Crippen MR) is 156 cm³/mol. The van der Waals surface area contributed by atoms with E-state index < -0.39 is 0 Å². The zero-order chi connectivity index (χ0) is 28.7. The van der Waals surface area contributed by atoms with E-state index in [0.29, 0.717) is 33.8 Å². The Morgan fingerprint density at radius 3 is 1.83 bits per heavy atom. The van der Waals surface area contributed by atoms with Crippen LogP contribution in [0.5, 0.6) is 11.5 Å². The summed E-state index contributed by atoms with van der Waals surface area (Å²) in [6.45, 7) is 0. The Bertz CT molecular complexity index is 1920. The smallest absolute Gasteiger partial charge is 0.197 e. The van der Waals surface area contributed by atoms with E-state index in [1.807, 2.05) is 48.5 Å². The highest BCUT2D eigenvalue weighted by molar-refractivity contribution is 6.31. The molecule has 0 N–H and O–H groups in total. The zero-order valence-electron chi connectivity index (χ0n) is 22.5. The molecule has 0 radical (unpaired) electrons. The molecule has 0 fully saturated rings. The third kappa shape index (κ3) is 4.34. The van der Waals surface area contributed by atoms with E-state index in [1.165, 1.54) is 12.2 Å². The van der Waals surface area contributed by atoms with Gasteiger partial charge in [0.25, 0.3) is 0 Å². The van der Waals surface area contributed by atoms with Gasteiger partial charge in [-0.05, 0) is 45.7 Å². The monoisotopic (exact) mass is 541 g/mol. The molecule has 0 bridgehead atoms. The fourth-order valence-corrected chi connectivity index (χ4v) is 5.69. The van der Waals surface area contributed by atoms with Crippen LogP contribution < -0.4 is 14.6 Å². The first-order valence-electron chi connectivity index (χ1n) is 13.2. The number of ketones is 3. The second-order valence-corrected chi connectivity index (χ2v) is 9.90. The summed E-state index contributed by atoms with van der Waals surface area (Å²) < 4.78 is 11.0. The highest BCUT2D eigenvalue weighted by atomic mass is 16.5. The Labute approximate surface area is 236 Å². The van der Waals surface area contributed by atoms with Gasteiger partial charge in [-0.2, -0.15) is 0 Å². The van der Waals surface area contributed by atoms with Gasteiger partial charge in [0.1, 0.15) is 11.5 Å². The molecule has 6 heteroatoms. The molecule has 6 nitrogen and oxygen atoms in total. The Morgan fingerprint density at radius 1 is 0.683 bits per heavy atom. The van der Waals surface area contributed by atoms with Crippen LogP contribution in [0.3, 0.4) is 0 Å². The molecule has 0 heterocycles. The molecule has 202 valence electrons. The Morgan fingerprint density at radius 2 is 1.22 bits per heavy atom. The van der Waals surface area contributed by atoms with Gasteiger partial charge < -0.3 is 14.6 Å². The van der Waals surface area contributed by atoms with E-state index >= 15 is 0 Å². The number of carbonyl (C=O) groups excluding carboxylic acids is 3. The van der Waals surface area contributed by atoms with Gasteiger partial charge >= 0.3 is 0 Å². The van der Waals surface area contributed by atoms with Crippen molar-refractivity contribution in [2.45, 2.75) is 12.8 Å². The number of fused-ring (bicyclic) bond motifs is 6. The quantitative estimate of drug-likeness (QED) is 0.195. The van der Waals surface area contributed by atoms with Gasteiger partial charge in [0.2, 0.25) is 0 Å². The lowest BCUT2D eigenvalue weighted by molar-refractivity contribution is -0.244. The topological polar surface area (TPSA) is 92.7 Å². The van der Waals surface area contributed by atoms with Gasteiger partial charge in [0.05, 0.1) is 19.8 Å². The second-order valence-electron chi connectivity index (χ2n) is 9.90. The Kier molecular flexibility index (Phi) is 6.59. The highest BCUT2D eigenvalue weighted by Gasteiger charge is 2.30. The lowest BCUT2D eigenvalue weighted by Gasteiger charge is -2.27. The van der Waals surface area contributed by atoms with Crippen LogP contribution in [0.4, 0.5) is 0 Å². The van der Waals surface area contributed by atoms with Crippen molar-refractivity contribution in [1.29, 1.82) is 0 Å². The van der Waals surface area contributed by atoms with Crippen LogP contribution >= 0.6 is 0 Å². The summed E-state index contributed by atoms with van der Waals surface area (Å²) in [6, 6.07) is 18.5. The summed E-state index contributed by atoms with van der Waals surface area (Å²) in [6.07, 6.45) is 7.89. The standard InChI is InChI=1S/C35H26O6/c1-40-32-18-28-26(20-10-6-8-12-22(20)32)16-30(36)24(34(28)38)14-4-3-5-15-25-31(37)17-27-21-11-7-9-13-23(21)33(41-2)19-29(27)35(25)39/h3-15,18-19,38H,16-17H2,1-2H3/p-1. The van der Waals surface area contributed by atoms with E-state index in [0.717, 1.165) is 21.5 Å². The van der Waals surface area contributed by atoms with Crippen molar-refractivity contribution in [2.75, 3.05) is 14.2 Å². The summed E-state index contributed by atoms with van der Waals surface area (Å²) in [5, 5.41) is 16.7. The lowest BCUT2D eigenvalue weighted by Crippen LogP contribution is -2.23. The molecule has 0 atom stereocenters. The number of methoxy groups -OCH3 is 2. The number of Topliss-reactive ketones (excluding diaryl/α,β-unsaturated/α-hetero) is 3. The number of rotatable bonds is 5. The van der Waals surface area contributed by atoms with Gasteiger partial charge in [-0.25, -0.2) is 0 Å². The maximum absolute atomic E-state index is 13.3. The SMILES string of the molecule is COc1cc2c(c3ccccc13)CC(=O)C(=CC=CC=CC1=C([O-])c3cc(OC)c4ccccc4c3CC1=O)C2=O. The minimum absolute atomic E-state index is 0.0739. The van der Waals surface area contributed by atoms with Crippen LogP contribution in [0.1, 0.15) is 27.0 Å². The second kappa shape index (κ2) is 10.4. The minimum Gasteiger partial charge on any atom is -0.872 e. The lowest BCUT2D eigenvalue weighted by atomic mass is 9.82. The van der Waals surface area contributed by atoms with Crippen LogP contribution in [0.2, 0.25) is 0 Å². The Hall–Kier alpha value is -5.23. The fraction of sp³-hybridized carbons (Fsp3) is 0.114. The maximum Gasteiger partial charge on any atom is 0.197 e. The molecule has 0 aromatic heterocycles. The molecule has 2 aliphatic carbocycles. The van der Waals surface area contributed by atoms with Crippen LogP contribution in [-0.2, 0) is 22.4 Å².